The highest BCUT2D eigenvalue weighted by molar-refractivity contribution is 7.99. The van der Waals surface area contributed by atoms with E-state index >= 15 is 0 Å². The summed E-state index contributed by atoms with van der Waals surface area (Å²) in [6.07, 6.45) is 5.45. The van der Waals surface area contributed by atoms with Gasteiger partial charge in [0.2, 0.25) is 12.5 Å². The lowest BCUT2D eigenvalue weighted by Gasteiger charge is -2.10. The summed E-state index contributed by atoms with van der Waals surface area (Å²) in [6.45, 7) is 1.00. The highest BCUT2D eigenvalue weighted by Gasteiger charge is 2.21. The third-order valence-corrected chi connectivity index (χ3v) is 4.49. The highest BCUT2D eigenvalue weighted by Crippen LogP contribution is 2.43. The third-order valence-electron chi connectivity index (χ3n) is 3.61. The SMILES string of the molecule is COc1cc(-c2nccn2CCSc2cn[nH]n2)cc2c1OCO2. The summed E-state index contributed by atoms with van der Waals surface area (Å²) < 4.78 is 18.4. The van der Waals surface area contributed by atoms with Crippen LogP contribution in [0.5, 0.6) is 17.2 Å². The number of nitrogens with zero attached hydrogens (tertiary/aromatic N) is 4. The van der Waals surface area contributed by atoms with Crippen molar-refractivity contribution in [2.45, 2.75) is 11.6 Å². The zero-order chi connectivity index (χ0) is 16.4. The van der Waals surface area contributed by atoms with Crippen LogP contribution in [0, 0.1) is 0 Å². The number of thioether (sulfide) groups is 1. The molecule has 0 aliphatic carbocycles. The molecule has 3 aromatic rings. The minimum absolute atomic E-state index is 0.206. The van der Waals surface area contributed by atoms with Gasteiger partial charge in [0.15, 0.2) is 11.5 Å². The van der Waals surface area contributed by atoms with Gasteiger partial charge in [-0.25, -0.2) is 4.98 Å². The summed E-state index contributed by atoms with van der Waals surface area (Å²) in [5, 5.41) is 11.3. The molecule has 0 saturated heterocycles. The Morgan fingerprint density at radius 1 is 1.38 bits per heavy atom. The molecule has 0 saturated carbocycles. The normalized spacial score (nSPS) is 12.5. The first-order valence-electron chi connectivity index (χ1n) is 7.33. The highest BCUT2D eigenvalue weighted by atomic mass is 32.2. The Labute approximate surface area is 142 Å². The van der Waals surface area contributed by atoms with E-state index in [1.807, 2.05) is 18.3 Å². The molecular formula is C15H15N5O3S. The summed E-state index contributed by atoms with van der Waals surface area (Å²) in [4.78, 5) is 4.47. The van der Waals surface area contributed by atoms with E-state index in [2.05, 4.69) is 25.0 Å². The Balaban J connectivity index is 1.56. The molecule has 1 N–H and O–H groups in total. The first kappa shape index (κ1) is 14.9. The average Bonchev–Trinajstić information content (AvgIpc) is 3.34. The molecule has 0 fully saturated rings. The number of hydrogen-bond donors (Lipinski definition) is 1. The van der Waals surface area contributed by atoms with Gasteiger partial charge < -0.3 is 18.8 Å². The molecule has 24 heavy (non-hydrogen) atoms. The van der Waals surface area contributed by atoms with Crippen molar-refractivity contribution < 1.29 is 14.2 Å². The van der Waals surface area contributed by atoms with Crippen molar-refractivity contribution >= 4 is 11.8 Å². The van der Waals surface area contributed by atoms with Gasteiger partial charge in [0.25, 0.3) is 0 Å². The minimum atomic E-state index is 0.206. The van der Waals surface area contributed by atoms with Crippen LogP contribution in [-0.4, -0.2) is 44.6 Å². The van der Waals surface area contributed by atoms with Crippen LogP contribution < -0.4 is 14.2 Å². The minimum Gasteiger partial charge on any atom is -0.493 e. The maximum Gasteiger partial charge on any atom is 0.231 e. The lowest BCUT2D eigenvalue weighted by atomic mass is 10.1. The van der Waals surface area contributed by atoms with E-state index in [0.29, 0.717) is 17.2 Å². The number of aryl methyl sites for hydroxylation is 1. The molecule has 1 aliphatic heterocycles. The second-order valence-corrected chi connectivity index (χ2v) is 6.13. The first-order valence-corrected chi connectivity index (χ1v) is 8.31. The number of benzene rings is 1. The van der Waals surface area contributed by atoms with Crippen molar-refractivity contribution in [3.05, 3.63) is 30.7 Å². The number of rotatable bonds is 6. The number of nitrogens with one attached hydrogen (secondary N) is 1. The van der Waals surface area contributed by atoms with E-state index in [-0.39, 0.29) is 6.79 Å². The number of ether oxygens (including phenoxy) is 3. The van der Waals surface area contributed by atoms with E-state index in [1.54, 1.807) is 31.3 Å². The number of hydrogen-bond acceptors (Lipinski definition) is 7. The van der Waals surface area contributed by atoms with Gasteiger partial charge in [-0.3, -0.25) is 0 Å². The number of H-pyrrole nitrogens is 1. The Morgan fingerprint density at radius 3 is 3.17 bits per heavy atom. The van der Waals surface area contributed by atoms with Gasteiger partial charge in [0.1, 0.15) is 10.9 Å². The molecule has 9 heteroatoms. The molecule has 0 bridgehead atoms. The number of aromatic amines is 1. The molecule has 0 spiro atoms. The van der Waals surface area contributed by atoms with Crippen LogP contribution in [0.2, 0.25) is 0 Å². The van der Waals surface area contributed by atoms with Crippen molar-refractivity contribution in [2.24, 2.45) is 0 Å². The van der Waals surface area contributed by atoms with Crippen molar-refractivity contribution in [3.8, 4) is 28.6 Å². The molecule has 0 amide bonds. The van der Waals surface area contributed by atoms with Crippen LogP contribution >= 0.6 is 11.8 Å². The summed E-state index contributed by atoms with van der Waals surface area (Å²) in [5.74, 6) is 3.67. The smallest absolute Gasteiger partial charge is 0.231 e. The maximum absolute atomic E-state index is 5.49. The lowest BCUT2D eigenvalue weighted by molar-refractivity contribution is 0.171. The van der Waals surface area contributed by atoms with Crippen molar-refractivity contribution in [3.63, 3.8) is 0 Å². The molecule has 2 aromatic heterocycles. The molecule has 0 atom stereocenters. The zero-order valence-corrected chi connectivity index (χ0v) is 13.7. The Hall–Kier alpha value is -2.68. The van der Waals surface area contributed by atoms with Crippen LogP contribution in [0.4, 0.5) is 0 Å². The van der Waals surface area contributed by atoms with Crippen LogP contribution in [0.15, 0.2) is 35.7 Å². The van der Waals surface area contributed by atoms with E-state index in [4.69, 9.17) is 14.2 Å². The van der Waals surface area contributed by atoms with Crippen LogP contribution in [0.25, 0.3) is 11.4 Å². The van der Waals surface area contributed by atoms with E-state index in [9.17, 15) is 0 Å². The third kappa shape index (κ3) is 2.78. The van der Waals surface area contributed by atoms with Gasteiger partial charge in [-0.15, -0.1) is 16.9 Å². The van der Waals surface area contributed by atoms with Crippen LogP contribution in [-0.2, 0) is 6.54 Å². The molecule has 4 rings (SSSR count). The summed E-state index contributed by atoms with van der Waals surface area (Å²) >= 11 is 1.63. The monoisotopic (exact) mass is 345 g/mol. The van der Waals surface area contributed by atoms with Gasteiger partial charge in [0.05, 0.1) is 13.3 Å². The predicted molar refractivity (Wildman–Crippen MR) is 87.4 cm³/mol. The van der Waals surface area contributed by atoms with E-state index in [0.717, 1.165) is 28.7 Å². The van der Waals surface area contributed by atoms with Gasteiger partial charge in [0, 0.05) is 30.3 Å². The number of imidazole rings is 1. The van der Waals surface area contributed by atoms with Gasteiger partial charge in [-0.2, -0.15) is 10.3 Å². The Bertz CT molecular complexity index is 834. The van der Waals surface area contributed by atoms with Gasteiger partial charge >= 0.3 is 0 Å². The second kappa shape index (κ2) is 6.44. The number of methoxy groups -OCH3 is 1. The topological polar surface area (TPSA) is 87.1 Å². The molecule has 124 valence electrons. The Morgan fingerprint density at radius 2 is 2.33 bits per heavy atom. The van der Waals surface area contributed by atoms with E-state index in [1.165, 1.54) is 0 Å². The first-order chi connectivity index (χ1) is 11.8. The van der Waals surface area contributed by atoms with Crippen LogP contribution in [0.3, 0.4) is 0 Å². The zero-order valence-electron chi connectivity index (χ0n) is 12.9. The van der Waals surface area contributed by atoms with Crippen molar-refractivity contribution in [2.75, 3.05) is 19.7 Å². The molecular weight excluding hydrogens is 330 g/mol. The lowest BCUT2D eigenvalue weighted by Crippen LogP contribution is -2.02. The fraction of sp³-hybridized carbons (Fsp3) is 0.267. The second-order valence-electron chi connectivity index (χ2n) is 5.01. The largest absolute Gasteiger partial charge is 0.493 e. The van der Waals surface area contributed by atoms with E-state index < -0.39 is 0 Å². The fourth-order valence-electron chi connectivity index (χ4n) is 2.52. The van der Waals surface area contributed by atoms with Crippen LogP contribution in [0.1, 0.15) is 0 Å². The van der Waals surface area contributed by atoms with Crippen molar-refractivity contribution in [1.82, 2.24) is 25.0 Å². The van der Waals surface area contributed by atoms with Gasteiger partial charge in [-0.1, -0.05) is 0 Å². The molecule has 8 nitrogen and oxygen atoms in total. The molecule has 1 aromatic carbocycles. The Kier molecular flexibility index (Phi) is 3.99. The predicted octanol–water partition coefficient (Wildman–Crippen LogP) is 2.20. The molecule has 0 unspecified atom stereocenters. The van der Waals surface area contributed by atoms with Gasteiger partial charge in [-0.05, 0) is 12.1 Å². The molecule has 3 heterocycles. The molecule has 0 radical (unpaired) electrons. The quantitative estimate of drug-likeness (QED) is 0.685. The van der Waals surface area contributed by atoms with Crippen molar-refractivity contribution in [1.29, 1.82) is 0 Å². The number of fused-ring (bicyclic) bond motifs is 1. The summed E-state index contributed by atoms with van der Waals surface area (Å²) in [5.41, 5.74) is 0.924. The number of aromatic nitrogens is 5. The standard InChI is InChI=1S/C15H15N5O3S/c1-21-11-6-10(7-12-14(11)23-9-22-12)15-16-2-3-20(15)4-5-24-13-8-17-19-18-13/h2-3,6-8H,4-5,9H2,1H3,(H,17,18,19). The average molecular weight is 345 g/mol. The summed E-state index contributed by atoms with van der Waals surface area (Å²) in [7, 11) is 1.61. The maximum atomic E-state index is 5.49. The molecule has 1 aliphatic rings. The fourth-order valence-corrected chi connectivity index (χ4v) is 3.25. The summed E-state index contributed by atoms with van der Waals surface area (Å²) in [6, 6.07) is 3.84.